The summed E-state index contributed by atoms with van der Waals surface area (Å²) in [6, 6.07) is 1.42. The smallest absolute Gasteiger partial charge is 0.237 e. The molecule has 1 aliphatic heterocycles. The second-order valence-corrected chi connectivity index (χ2v) is 5.41. The third-order valence-corrected chi connectivity index (χ3v) is 4.01. The van der Waals surface area contributed by atoms with Crippen LogP contribution in [0.15, 0.2) is 0 Å². The van der Waals surface area contributed by atoms with Crippen molar-refractivity contribution >= 4 is 5.91 Å². The highest BCUT2D eigenvalue weighted by molar-refractivity contribution is 5.82. The summed E-state index contributed by atoms with van der Waals surface area (Å²) in [6.45, 7) is 6.41. The van der Waals surface area contributed by atoms with E-state index in [2.05, 4.69) is 24.1 Å². The molecule has 0 radical (unpaired) electrons. The molecule has 5 atom stereocenters. The monoisotopic (exact) mass is 225 g/mol. The van der Waals surface area contributed by atoms with Crippen LogP contribution in [0.3, 0.4) is 0 Å². The number of rotatable bonds is 3. The van der Waals surface area contributed by atoms with Crippen LogP contribution in [-0.2, 0) is 4.79 Å². The first-order valence-electron chi connectivity index (χ1n) is 6.34. The number of hydrogen-bond acceptors (Lipinski definition) is 3. The molecule has 1 amide bonds. The molecule has 1 saturated heterocycles. The molecule has 4 heteroatoms. The molecule has 0 aromatic heterocycles. The molecule has 2 fully saturated rings. The van der Waals surface area contributed by atoms with E-state index in [1.54, 1.807) is 0 Å². The molecule has 0 spiro atoms. The Morgan fingerprint density at radius 1 is 1.38 bits per heavy atom. The summed E-state index contributed by atoms with van der Waals surface area (Å²) in [4.78, 5) is 14.3. The molecular formula is C12H23N3O. The van der Waals surface area contributed by atoms with Gasteiger partial charge in [-0.3, -0.25) is 9.69 Å². The summed E-state index contributed by atoms with van der Waals surface area (Å²) in [5, 5.41) is 3.02. The zero-order valence-electron chi connectivity index (χ0n) is 10.4. The zero-order valence-corrected chi connectivity index (χ0v) is 10.4. The summed E-state index contributed by atoms with van der Waals surface area (Å²) in [7, 11) is 0. The van der Waals surface area contributed by atoms with Gasteiger partial charge >= 0.3 is 0 Å². The van der Waals surface area contributed by atoms with Crippen molar-refractivity contribution in [2.45, 2.75) is 70.2 Å². The van der Waals surface area contributed by atoms with Gasteiger partial charge in [-0.2, -0.15) is 0 Å². The van der Waals surface area contributed by atoms with Crippen LogP contribution in [0, 0.1) is 0 Å². The predicted octanol–water partition coefficient (Wildman–Crippen LogP) is 0.464. The van der Waals surface area contributed by atoms with Crippen LogP contribution in [0.2, 0.25) is 0 Å². The predicted molar refractivity (Wildman–Crippen MR) is 64.0 cm³/mol. The Bertz CT molecular complexity index is 271. The normalized spacial score (nSPS) is 40.8. The Hall–Kier alpha value is -0.610. The minimum atomic E-state index is -0.0275. The van der Waals surface area contributed by atoms with Gasteiger partial charge in [0.25, 0.3) is 0 Å². The molecule has 16 heavy (non-hydrogen) atoms. The quantitative estimate of drug-likeness (QED) is 0.734. The molecule has 0 aromatic carbocycles. The Morgan fingerprint density at radius 3 is 2.31 bits per heavy atom. The molecule has 5 unspecified atom stereocenters. The van der Waals surface area contributed by atoms with Crippen molar-refractivity contribution < 1.29 is 4.79 Å². The first kappa shape index (κ1) is 11.9. The average molecular weight is 225 g/mol. The molecule has 1 heterocycles. The maximum absolute atomic E-state index is 12.0. The highest BCUT2D eigenvalue weighted by Crippen LogP contribution is 2.26. The maximum atomic E-state index is 12.0. The third kappa shape index (κ3) is 2.23. The number of nitrogens with zero attached hydrogens (tertiary/aromatic N) is 1. The van der Waals surface area contributed by atoms with E-state index >= 15 is 0 Å². The topological polar surface area (TPSA) is 58.4 Å². The summed E-state index contributed by atoms with van der Waals surface area (Å²) >= 11 is 0. The molecule has 3 N–H and O–H groups in total. The van der Waals surface area contributed by atoms with Crippen molar-refractivity contribution in [1.82, 2.24) is 10.2 Å². The summed E-state index contributed by atoms with van der Waals surface area (Å²) in [5.41, 5.74) is 5.69. The fourth-order valence-corrected chi connectivity index (χ4v) is 2.80. The van der Waals surface area contributed by atoms with Gasteiger partial charge in [-0.05, 0) is 40.0 Å². The first-order chi connectivity index (χ1) is 7.50. The second-order valence-electron chi connectivity index (χ2n) is 5.41. The SMILES string of the molecule is CC1CCC(C)N1C(C)C(=O)NC1CC1N. The Kier molecular flexibility index (Phi) is 3.22. The summed E-state index contributed by atoms with van der Waals surface area (Å²) in [5.74, 6) is 0.138. The van der Waals surface area contributed by atoms with E-state index < -0.39 is 0 Å². The third-order valence-electron chi connectivity index (χ3n) is 4.01. The number of nitrogens with one attached hydrogen (secondary N) is 1. The highest BCUT2D eigenvalue weighted by atomic mass is 16.2. The van der Waals surface area contributed by atoms with Crippen LogP contribution >= 0.6 is 0 Å². The number of carbonyl (C=O) groups is 1. The summed E-state index contributed by atoms with van der Waals surface area (Å²) < 4.78 is 0. The molecule has 1 aliphatic carbocycles. The lowest BCUT2D eigenvalue weighted by atomic mass is 10.2. The van der Waals surface area contributed by atoms with Crippen molar-refractivity contribution in [3.63, 3.8) is 0 Å². The minimum Gasteiger partial charge on any atom is -0.350 e. The van der Waals surface area contributed by atoms with Crippen molar-refractivity contribution in [2.24, 2.45) is 5.73 Å². The Balaban J connectivity index is 1.90. The van der Waals surface area contributed by atoms with Crippen molar-refractivity contribution in [3.05, 3.63) is 0 Å². The van der Waals surface area contributed by atoms with E-state index in [-0.39, 0.29) is 24.0 Å². The molecule has 2 aliphatic rings. The lowest BCUT2D eigenvalue weighted by Crippen LogP contribution is -2.50. The van der Waals surface area contributed by atoms with Gasteiger partial charge in [0.1, 0.15) is 0 Å². The van der Waals surface area contributed by atoms with E-state index in [9.17, 15) is 4.79 Å². The second kappa shape index (κ2) is 4.34. The van der Waals surface area contributed by atoms with E-state index in [1.165, 1.54) is 12.8 Å². The lowest BCUT2D eigenvalue weighted by molar-refractivity contribution is -0.127. The Labute approximate surface area is 97.6 Å². The fourth-order valence-electron chi connectivity index (χ4n) is 2.80. The van der Waals surface area contributed by atoms with Gasteiger partial charge in [-0.1, -0.05) is 0 Å². The zero-order chi connectivity index (χ0) is 11.9. The number of nitrogens with two attached hydrogens (primary N) is 1. The molecule has 2 rings (SSSR count). The molecule has 0 bridgehead atoms. The van der Waals surface area contributed by atoms with Crippen LogP contribution in [0.1, 0.15) is 40.0 Å². The molecule has 4 nitrogen and oxygen atoms in total. The lowest BCUT2D eigenvalue weighted by Gasteiger charge is -2.31. The van der Waals surface area contributed by atoms with Gasteiger partial charge in [0.05, 0.1) is 6.04 Å². The van der Waals surface area contributed by atoms with Gasteiger partial charge in [0, 0.05) is 24.2 Å². The largest absolute Gasteiger partial charge is 0.350 e. The van der Waals surface area contributed by atoms with Crippen molar-refractivity contribution in [2.75, 3.05) is 0 Å². The number of amides is 1. The van der Waals surface area contributed by atoms with Gasteiger partial charge in [0.2, 0.25) is 5.91 Å². The van der Waals surface area contributed by atoms with Gasteiger partial charge in [-0.25, -0.2) is 0 Å². The number of hydrogen-bond donors (Lipinski definition) is 2. The van der Waals surface area contributed by atoms with Gasteiger partial charge in [-0.15, -0.1) is 0 Å². The van der Waals surface area contributed by atoms with Crippen molar-refractivity contribution in [3.8, 4) is 0 Å². The van der Waals surface area contributed by atoms with Gasteiger partial charge in [0.15, 0.2) is 0 Å². The molecule has 1 saturated carbocycles. The van der Waals surface area contributed by atoms with Crippen LogP contribution < -0.4 is 11.1 Å². The minimum absolute atomic E-state index is 0.0275. The Morgan fingerprint density at radius 2 is 1.88 bits per heavy atom. The first-order valence-corrected chi connectivity index (χ1v) is 6.34. The fraction of sp³-hybridized carbons (Fsp3) is 0.917. The van der Waals surface area contributed by atoms with Crippen LogP contribution in [0.5, 0.6) is 0 Å². The standard InChI is InChI=1S/C12H23N3O/c1-7-4-5-8(2)15(7)9(3)12(16)14-11-6-10(11)13/h7-11H,4-6,13H2,1-3H3,(H,14,16). The maximum Gasteiger partial charge on any atom is 0.237 e. The molecule has 92 valence electrons. The molecule has 0 aromatic rings. The van der Waals surface area contributed by atoms with Gasteiger partial charge < -0.3 is 11.1 Å². The average Bonchev–Trinajstić information content (AvgIpc) is 2.80. The van der Waals surface area contributed by atoms with E-state index in [0.717, 1.165) is 6.42 Å². The highest BCUT2D eigenvalue weighted by Gasteiger charge is 2.39. The number of carbonyl (C=O) groups excluding carboxylic acids is 1. The van der Waals surface area contributed by atoms with Crippen LogP contribution in [0.4, 0.5) is 0 Å². The van der Waals surface area contributed by atoms with E-state index in [4.69, 9.17) is 5.73 Å². The number of likely N-dealkylation sites (tertiary alicyclic amines) is 1. The van der Waals surface area contributed by atoms with E-state index in [0.29, 0.717) is 12.1 Å². The summed E-state index contributed by atoms with van der Waals surface area (Å²) in [6.07, 6.45) is 3.33. The van der Waals surface area contributed by atoms with Crippen LogP contribution in [0.25, 0.3) is 0 Å². The van der Waals surface area contributed by atoms with Crippen molar-refractivity contribution in [1.29, 1.82) is 0 Å². The molecular weight excluding hydrogens is 202 g/mol. The van der Waals surface area contributed by atoms with Crippen LogP contribution in [-0.4, -0.2) is 41.0 Å². The van der Waals surface area contributed by atoms with E-state index in [1.807, 2.05) is 6.92 Å².